The Bertz CT molecular complexity index is 812. The number of nitrogens with zero attached hydrogens (tertiary/aromatic N) is 1. The maximum absolute atomic E-state index is 12.5. The van der Waals surface area contributed by atoms with Crippen molar-refractivity contribution in [2.24, 2.45) is 0 Å². The van der Waals surface area contributed by atoms with Crippen LogP contribution in [-0.4, -0.2) is 16.9 Å². The van der Waals surface area contributed by atoms with Gasteiger partial charge in [0.15, 0.2) is 5.76 Å². The molecule has 3 rings (SSSR count). The van der Waals surface area contributed by atoms with Gasteiger partial charge < -0.3 is 5.11 Å². The van der Waals surface area contributed by atoms with E-state index >= 15 is 0 Å². The fourth-order valence-corrected chi connectivity index (χ4v) is 2.56. The second-order valence-corrected chi connectivity index (χ2v) is 5.53. The molecule has 1 N–H and O–H groups in total. The number of carbonyl (C=O) groups excluding carboxylic acids is 2. The van der Waals surface area contributed by atoms with Gasteiger partial charge in [-0.3, -0.25) is 9.59 Å². The van der Waals surface area contributed by atoms with E-state index in [9.17, 15) is 14.7 Å². The van der Waals surface area contributed by atoms with Crippen LogP contribution in [0, 0.1) is 0 Å². The fraction of sp³-hybridized carbons (Fsp3) is 0. The summed E-state index contributed by atoms with van der Waals surface area (Å²) in [5.41, 5.74) is 0.671. The molecule has 4 nitrogen and oxygen atoms in total. The molecule has 6 heteroatoms. The monoisotopic (exact) mass is 333 g/mol. The number of anilines is 1. The third-order valence-electron chi connectivity index (χ3n) is 3.26. The smallest absolute Gasteiger partial charge is 0.301 e. The first-order valence-electron chi connectivity index (χ1n) is 6.32. The molecule has 0 unspecified atom stereocenters. The molecule has 0 spiro atoms. The van der Waals surface area contributed by atoms with Gasteiger partial charge in [-0.05, 0) is 35.9 Å². The van der Waals surface area contributed by atoms with Crippen LogP contribution < -0.4 is 4.90 Å². The molecule has 0 radical (unpaired) electrons. The quantitative estimate of drug-likeness (QED) is 0.849. The fourth-order valence-electron chi connectivity index (χ4n) is 2.24. The van der Waals surface area contributed by atoms with Crippen molar-refractivity contribution in [3.05, 3.63) is 69.9 Å². The molecular weight excluding hydrogens is 325 g/mol. The van der Waals surface area contributed by atoms with Gasteiger partial charge in [0, 0.05) is 10.0 Å². The lowest BCUT2D eigenvalue weighted by Gasteiger charge is -2.14. The number of carbonyl (C=O) groups is 2. The lowest BCUT2D eigenvalue weighted by Crippen LogP contribution is -2.31. The van der Waals surface area contributed by atoms with Crippen LogP contribution in [0.1, 0.15) is 5.56 Å². The van der Waals surface area contributed by atoms with Crippen LogP contribution in [0.2, 0.25) is 10.0 Å². The summed E-state index contributed by atoms with van der Waals surface area (Å²) in [7, 11) is 0. The van der Waals surface area contributed by atoms with Gasteiger partial charge in [-0.1, -0.05) is 41.4 Å². The summed E-state index contributed by atoms with van der Waals surface area (Å²) in [5.74, 6) is -1.98. The van der Waals surface area contributed by atoms with Crippen LogP contribution in [0.15, 0.2) is 54.3 Å². The van der Waals surface area contributed by atoms with E-state index in [0.717, 1.165) is 4.90 Å². The topological polar surface area (TPSA) is 57.6 Å². The minimum Gasteiger partial charge on any atom is -0.502 e. The van der Waals surface area contributed by atoms with E-state index in [1.807, 2.05) is 0 Å². The predicted molar refractivity (Wildman–Crippen MR) is 84.9 cm³/mol. The minimum atomic E-state index is -0.780. The molecule has 110 valence electrons. The summed E-state index contributed by atoms with van der Waals surface area (Å²) < 4.78 is 0. The molecule has 1 heterocycles. The van der Waals surface area contributed by atoms with Crippen LogP contribution >= 0.6 is 23.2 Å². The normalized spacial score (nSPS) is 14.9. The molecule has 2 amide bonds. The summed E-state index contributed by atoms with van der Waals surface area (Å²) in [6, 6.07) is 12.6. The third kappa shape index (κ3) is 2.36. The highest BCUT2D eigenvalue weighted by atomic mass is 35.5. The van der Waals surface area contributed by atoms with Crippen LogP contribution in [0.25, 0.3) is 5.57 Å². The molecule has 22 heavy (non-hydrogen) atoms. The molecule has 0 bridgehead atoms. The number of rotatable bonds is 2. The molecule has 0 aliphatic carbocycles. The van der Waals surface area contributed by atoms with E-state index < -0.39 is 17.6 Å². The van der Waals surface area contributed by atoms with Crippen LogP contribution in [0.5, 0.6) is 0 Å². The number of halogens is 2. The Balaban J connectivity index is 2.05. The van der Waals surface area contributed by atoms with Crippen LogP contribution in [0.3, 0.4) is 0 Å². The Kier molecular flexibility index (Phi) is 3.64. The predicted octanol–water partition coefficient (Wildman–Crippen LogP) is 3.84. The number of aliphatic hydroxyl groups excluding tert-OH is 1. The van der Waals surface area contributed by atoms with E-state index in [1.165, 1.54) is 6.07 Å². The van der Waals surface area contributed by atoms with Gasteiger partial charge in [-0.15, -0.1) is 0 Å². The Labute approximate surface area is 136 Å². The van der Waals surface area contributed by atoms with E-state index in [4.69, 9.17) is 23.2 Å². The van der Waals surface area contributed by atoms with Gasteiger partial charge in [0.1, 0.15) is 0 Å². The van der Waals surface area contributed by atoms with E-state index in [0.29, 0.717) is 21.3 Å². The summed E-state index contributed by atoms with van der Waals surface area (Å²) in [6.07, 6.45) is 0. The van der Waals surface area contributed by atoms with Crippen molar-refractivity contribution in [2.75, 3.05) is 4.90 Å². The average molecular weight is 334 g/mol. The maximum atomic E-state index is 12.5. The highest BCUT2D eigenvalue weighted by Crippen LogP contribution is 2.33. The summed E-state index contributed by atoms with van der Waals surface area (Å²) >= 11 is 11.7. The van der Waals surface area contributed by atoms with Crippen LogP contribution in [-0.2, 0) is 9.59 Å². The second-order valence-electron chi connectivity index (χ2n) is 4.66. The number of amides is 2. The zero-order chi connectivity index (χ0) is 15.9. The Morgan fingerprint density at radius 3 is 2.18 bits per heavy atom. The van der Waals surface area contributed by atoms with Gasteiger partial charge in [-0.25, -0.2) is 4.90 Å². The minimum absolute atomic E-state index is 0.0540. The van der Waals surface area contributed by atoms with E-state index in [-0.39, 0.29) is 5.57 Å². The highest BCUT2D eigenvalue weighted by Gasteiger charge is 2.40. The largest absolute Gasteiger partial charge is 0.502 e. The number of hydrogen-bond donors (Lipinski definition) is 1. The molecule has 0 saturated heterocycles. The van der Waals surface area contributed by atoms with E-state index in [2.05, 4.69) is 0 Å². The second kappa shape index (κ2) is 5.48. The standard InChI is InChI=1S/C16H9Cl2NO3/c17-10-6-4-9(5-7-10)13-14(20)16(22)19(15(13)21)12-3-1-2-11(18)8-12/h1-8,20H. The zero-order valence-corrected chi connectivity index (χ0v) is 12.6. The first-order chi connectivity index (χ1) is 10.5. The first-order valence-corrected chi connectivity index (χ1v) is 7.08. The third-order valence-corrected chi connectivity index (χ3v) is 3.75. The number of benzene rings is 2. The van der Waals surface area contributed by atoms with E-state index in [1.54, 1.807) is 42.5 Å². The number of aliphatic hydroxyl groups is 1. The lowest BCUT2D eigenvalue weighted by atomic mass is 10.1. The molecule has 1 aliphatic rings. The molecule has 0 saturated carbocycles. The molecule has 0 aromatic heterocycles. The summed E-state index contributed by atoms with van der Waals surface area (Å²) in [6.45, 7) is 0. The lowest BCUT2D eigenvalue weighted by molar-refractivity contribution is -0.121. The van der Waals surface area contributed by atoms with Gasteiger partial charge in [-0.2, -0.15) is 0 Å². The maximum Gasteiger partial charge on any atom is 0.301 e. The molecule has 1 aliphatic heterocycles. The van der Waals surface area contributed by atoms with Crippen molar-refractivity contribution in [2.45, 2.75) is 0 Å². The summed E-state index contributed by atoms with van der Waals surface area (Å²) in [5, 5.41) is 10.9. The SMILES string of the molecule is O=C1C(O)=C(c2ccc(Cl)cc2)C(=O)N1c1cccc(Cl)c1. The van der Waals surface area contributed by atoms with Gasteiger partial charge in [0.05, 0.1) is 11.3 Å². The molecule has 2 aromatic rings. The Morgan fingerprint density at radius 1 is 0.864 bits per heavy atom. The van der Waals surface area contributed by atoms with Crippen molar-refractivity contribution < 1.29 is 14.7 Å². The van der Waals surface area contributed by atoms with Crippen molar-refractivity contribution in [3.63, 3.8) is 0 Å². The highest BCUT2D eigenvalue weighted by molar-refractivity contribution is 6.45. The van der Waals surface area contributed by atoms with Gasteiger partial charge >= 0.3 is 5.91 Å². The van der Waals surface area contributed by atoms with Crippen molar-refractivity contribution >= 4 is 46.3 Å². The molecule has 2 aromatic carbocycles. The van der Waals surface area contributed by atoms with Crippen molar-refractivity contribution in [3.8, 4) is 0 Å². The molecule has 0 atom stereocenters. The zero-order valence-electron chi connectivity index (χ0n) is 11.1. The molecule has 0 fully saturated rings. The van der Waals surface area contributed by atoms with Crippen LogP contribution in [0.4, 0.5) is 5.69 Å². The van der Waals surface area contributed by atoms with Crippen molar-refractivity contribution in [1.82, 2.24) is 0 Å². The van der Waals surface area contributed by atoms with Crippen molar-refractivity contribution in [1.29, 1.82) is 0 Å². The number of imide groups is 1. The summed E-state index contributed by atoms with van der Waals surface area (Å²) in [4.78, 5) is 25.6. The van der Waals surface area contributed by atoms with Gasteiger partial charge in [0.25, 0.3) is 5.91 Å². The average Bonchev–Trinajstić information content (AvgIpc) is 2.71. The van der Waals surface area contributed by atoms with Gasteiger partial charge in [0.2, 0.25) is 0 Å². The molecular formula is C16H9Cl2NO3. The number of hydrogen-bond acceptors (Lipinski definition) is 3. The Hall–Kier alpha value is -2.30. The first kappa shape index (κ1) is 14.6. The Morgan fingerprint density at radius 2 is 1.55 bits per heavy atom.